The number of anilines is 1. The smallest absolute Gasteiger partial charge is 0.228 e. The van der Waals surface area contributed by atoms with E-state index < -0.39 is 0 Å². The minimum atomic E-state index is -0.0880. The fraction of sp³-hybridized carbons (Fsp3) is 0.0476. The second-order valence-corrected chi connectivity index (χ2v) is 8.09. The van der Waals surface area contributed by atoms with E-state index in [0.29, 0.717) is 22.2 Å². The summed E-state index contributed by atoms with van der Waals surface area (Å²) in [6.07, 6.45) is 3.82. The van der Waals surface area contributed by atoms with Crippen molar-refractivity contribution in [3.8, 4) is 0 Å². The van der Waals surface area contributed by atoms with Gasteiger partial charge in [0.1, 0.15) is 5.03 Å². The molecular formula is C21H15Cl2N3OS. The number of benzene rings is 2. The molecule has 0 bridgehead atoms. The SMILES string of the molecule is O=C(Cc1ccc2[nH]ccc2c1)Nc1ccc(Sc2cc(Cl)ccc2Cl)nc1. The number of pyridine rings is 1. The molecule has 2 N–H and O–H groups in total. The van der Waals surface area contributed by atoms with Crippen LogP contribution in [0.3, 0.4) is 0 Å². The maximum Gasteiger partial charge on any atom is 0.228 e. The van der Waals surface area contributed by atoms with Crippen LogP contribution in [0.5, 0.6) is 0 Å². The lowest BCUT2D eigenvalue weighted by atomic mass is 10.1. The van der Waals surface area contributed by atoms with E-state index in [1.54, 1.807) is 24.4 Å². The van der Waals surface area contributed by atoms with Gasteiger partial charge in [0, 0.05) is 21.6 Å². The van der Waals surface area contributed by atoms with Crippen LogP contribution in [-0.4, -0.2) is 15.9 Å². The lowest BCUT2D eigenvalue weighted by Crippen LogP contribution is -2.14. The van der Waals surface area contributed by atoms with Gasteiger partial charge in [0.2, 0.25) is 5.91 Å². The minimum absolute atomic E-state index is 0.0880. The first kappa shape index (κ1) is 18.9. The lowest BCUT2D eigenvalue weighted by molar-refractivity contribution is -0.115. The molecule has 0 aliphatic carbocycles. The van der Waals surface area contributed by atoms with E-state index in [2.05, 4.69) is 15.3 Å². The predicted molar refractivity (Wildman–Crippen MR) is 115 cm³/mol. The number of aromatic amines is 1. The molecule has 4 rings (SSSR count). The standard InChI is InChI=1S/C21H15Cl2N3OS/c22-15-2-4-17(23)19(11-15)28-21-6-3-16(12-25-21)26-20(27)10-13-1-5-18-14(9-13)7-8-24-18/h1-9,11-12,24H,10H2,(H,26,27). The highest BCUT2D eigenvalue weighted by atomic mass is 35.5. The van der Waals surface area contributed by atoms with E-state index in [4.69, 9.17) is 23.2 Å². The highest BCUT2D eigenvalue weighted by molar-refractivity contribution is 7.99. The van der Waals surface area contributed by atoms with Crippen molar-refractivity contribution in [2.45, 2.75) is 16.3 Å². The van der Waals surface area contributed by atoms with Crippen molar-refractivity contribution in [1.82, 2.24) is 9.97 Å². The first-order valence-electron chi connectivity index (χ1n) is 8.52. The Morgan fingerprint density at radius 2 is 1.96 bits per heavy atom. The molecule has 0 radical (unpaired) electrons. The summed E-state index contributed by atoms with van der Waals surface area (Å²) in [5, 5.41) is 5.97. The van der Waals surface area contributed by atoms with Crippen LogP contribution in [0, 0.1) is 0 Å². The zero-order chi connectivity index (χ0) is 19.5. The minimum Gasteiger partial charge on any atom is -0.361 e. The third kappa shape index (κ3) is 4.50. The number of rotatable bonds is 5. The van der Waals surface area contributed by atoms with Gasteiger partial charge >= 0.3 is 0 Å². The Hall–Kier alpha value is -2.47. The summed E-state index contributed by atoms with van der Waals surface area (Å²) in [5.41, 5.74) is 2.66. The summed E-state index contributed by atoms with van der Waals surface area (Å²) >= 11 is 13.6. The maximum absolute atomic E-state index is 12.3. The molecule has 0 spiro atoms. The van der Waals surface area contributed by atoms with Crippen molar-refractivity contribution in [1.29, 1.82) is 0 Å². The van der Waals surface area contributed by atoms with E-state index in [9.17, 15) is 4.79 Å². The van der Waals surface area contributed by atoms with Crippen LogP contribution in [0.15, 0.2) is 76.9 Å². The van der Waals surface area contributed by atoms with Crippen LogP contribution in [0.2, 0.25) is 10.0 Å². The molecule has 0 fully saturated rings. The number of H-pyrrole nitrogens is 1. The summed E-state index contributed by atoms with van der Waals surface area (Å²) in [4.78, 5) is 20.7. The monoisotopic (exact) mass is 427 g/mol. The molecule has 0 aliphatic heterocycles. The van der Waals surface area contributed by atoms with Crippen LogP contribution < -0.4 is 5.32 Å². The molecular weight excluding hydrogens is 413 g/mol. The highest BCUT2D eigenvalue weighted by Crippen LogP contribution is 2.34. The zero-order valence-corrected chi connectivity index (χ0v) is 16.9. The zero-order valence-electron chi connectivity index (χ0n) is 14.6. The second kappa shape index (κ2) is 8.27. The largest absolute Gasteiger partial charge is 0.361 e. The molecule has 1 amide bonds. The number of amides is 1. The summed E-state index contributed by atoms with van der Waals surface area (Å²) in [6, 6.07) is 16.9. The fourth-order valence-electron chi connectivity index (χ4n) is 2.79. The molecule has 0 unspecified atom stereocenters. The van der Waals surface area contributed by atoms with Gasteiger partial charge in [-0.3, -0.25) is 4.79 Å². The molecule has 0 aliphatic rings. The van der Waals surface area contributed by atoms with E-state index in [-0.39, 0.29) is 5.91 Å². The number of halogens is 2. The van der Waals surface area contributed by atoms with E-state index in [1.807, 2.05) is 42.6 Å². The molecule has 2 heterocycles. The third-order valence-electron chi connectivity index (χ3n) is 4.11. The average Bonchev–Trinajstić information content (AvgIpc) is 3.14. The quantitative estimate of drug-likeness (QED) is 0.398. The second-order valence-electron chi connectivity index (χ2n) is 6.19. The van der Waals surface area contributed by atoms with Gasteiger partial charge < -0.3 is 10.3 Å². The summed E-state index contributed by atoms with van der Waals surface area (Å²) in [5.74, 6) is -0.0880. The number of hydrogen-bond acceptors (Lipinski definition) is 3. The Kier molecular flexibility index (Phi) is 5.57. The number of carbonyl (C=O) groups excluding carboxylic acids is 1. The molecule has 140 valence electrons. The van der Waals surface area contributed by atoms with Gasteiger partial charge in [0.05, 0.1) is 23.3 Å². The van der Waals surface area contributed by atoms with Crippen molar-refractivity contribution >= 4 is 57.5 Å². The van der Waals surface area contributed by atoms with Crippen molar-refractivity contribution in [3.05, 3.63) is 82.6 Å². The number of aromatic nitrogens is 2. The van der Waals surface area contributed by atoms with E-state index in [1.165, 1.54) is 11.8 Å². The lowest BCUT2D eigenvalue weighted by Gasteiger charge is -2.07. The average molecular weight is 428 g/mol. The molecule has 7 heteroatoms. The van der Waals surface area contributed by atoms with Gasteiger partial charge in [-0.2, -0.15) is 0 Å². The summed E-state index contributed by atoms with van der Waals surface area (Å²) in [6.45, 7) is 0. The Labute approximate surface area is 176 Å². The molecule has 4 nitrogen and oxygen atoms in total. The number of fused-ring (bicyclic) bond motifs is 1. The normalized spacial score (nSPS) is 10.9. The maximum atomic E-state index is 12.3. The third-order valence-corrected chi connectivity index (χ3v) is 5.80. The first-order chi connectivity index (χ1) is 13.6. The molecule has 28 heavy (non-hydrogen) atoms. The molecule has 0 atom stereocenters. The summed E-state index contributed by atoms with van der Waals surface area (Å²) < 4.78 is 0. The number of nitrogens with one attached hydrogen (secondary N) is 2. The number of carbonyl (C=O) groups is 1. The van der Waals surface area contributed by atoms with Gasteiger partial charge in [-0.25, -0.2) is 4.98 Å². The number of nitrogens with zero attached hydrogens (tertiary/aromatic N) is 1. The Bertz CT molecular complexity index is 1140. The molecule has 0 saturated carbocycles. The fourth-order valence-corrected chi connectivity index (χ4v) is 4.07. The van der Waals surface area contributed by atoms with Crippen LogP contribution >= 0.6 is 35.0 Å². The topological polar surface area (TPSA) is 57.8 Å². The van der Waals surface area contributed by atoms with E-state index >= 15 is 0 Å². The highest BCUT2D eigenvalue weighted by Gasteiger charge is 2.08. The van der Waals surface area contributed by atoms with Crippen molar-refractivity contribution in [2.24, 2.45) is 0 Å². The van der Waals surface area contributed by atoms with Crippen LogP contribution in [0.1, 0.15) is 5.56 Å². The van der Waals surface area contributed by atoms with Crippen molar-refractivity contribution in [3.63, 3.8) is 0 Å². The Morgan fingerprint density at radius 3 is 2.79 bits per heavy atom. The van der Waals surface area contributed by atoms with Gasteiger partial charge in [-0.15, -0.1) is 0 Å². The van der Waals surface area contributed by atoms with E-state index in [0.717, 1.165) is 26.4 Å². The summed E-state index contributed by atoms with van der Waals surface area (Å²) in [7, 11) is 0. The van der Waals surface area contributed by atoms with Gasteiger partial charge in [0.15, 0.2) is 0 Å². The van der Waals surface area contributed by atoms with Gasteiger partial charge in [0.25, 0.3) is 0 Å². The van der Waals surface area contributed by atoms with Crippen molar-refractivity contribution in [2.75, 3.05) is 5.32 Å². The predicted octanol–water partition coefficient (Wildman–Crippen LogP) is 6.20. The number of hydrogen-bond donors (Lipinski definition) is 2. The first-order valence-corrected chi connectivity index (χ1v) is 10.1. The van der Waals surface area contributed by atoms with Crippen LogP contribution in [0.4, 0.5) is 5.69 Å². The van der Waals surface area contributed by atoms with Gasteiger partial charge in [-0.1, -0.05) is 41.0 Å². The van der Waals surface area contributed by atoms with Gasteiger partial charge in [-0.05, 0) is 59.5 Å². The van der Waals surface area contributed by atoms with Crippen LogP contribution in [0.25, 0.3) is 10.9 Å². The Morgan fingerprint density at radius 1 is 1.07 bits per heavy atom. The van der Waals surface area contributed by atoms with Crippen LogP contribution in [-0.2, 0) is 11.2 Å². The molecule has 4 aromatic rings. The van der Waals surface area contributed by atoms with Crippen molar-refractivity contribution < 1.29 is 4.79 Å². The molecule has 0 saturated heterocycles. The molecule has 2 aromatic heterocycles. The molecule has 2 aromatic carbocycles. The Balaban J connectivity index is 1.39.